The molecule has 38 valence electrons. The quantitative estimate of drug-likeness (QED) is 0.190. The average Bonchev–Trinajstić information content (AvgIpc) is 1.35. The van der Waals surface area contributed by atoms with Gasteiger partial charge in [-0.05, 0) is 0 Å². The van der Waals surface area contributed by atoms with Crippen molar-refractivity contribution >= 4 is 48.6 Å². The molecule has 0 rings (SSSR count). The van der Waals surface area contributed by atoms with Crippen LogP contribution in [0.5, 0.6) is 0 Å². The fourth-order valence-electron chi connectivity index (χ4n) is 0.0408. The van der Waals surface area contributed by atoms with Gasteiger partial charge >= 0.3 is 37.7 Å². The molecule has 0 aromatic heterocycles. The molecule has 0 aliphatic carbocycles. The summed E-state index contributed by atoms with van der Waals surface area (Å²) >= 11 is 0. The Labute approximate surface area is 72.6 Å². The Bertz CT molecular complexity index is 127. The summed E-state index contributed by atoms with van der Waals surface area (Å²) in [4.78, 5) is 0. The van der Waals surface area contributed by atoms with Crippen LogP contribution in [0.15, 0.2) is 0 Å². The van der Waals surface area contributed by atoms with E-state index in [4.69, 9.17) is 5.26 Å². The maximum atomic E-state index is 9.30. The van der Waals surface area contributed by atoms with Gasteiger partial charge in [0.2, 0.25) is 10.9 Å². The first-order valence-electron chi connectivity index (χ1n) is 1.06. The van der Waals surface area contributed by atoms with Crippen LogP contribution in [-0.2, 0) is 10.9 Å². The number of hydrogen-bond acceptors (Lipinski definition) is 3. The topological polar surface area (TPSA) is 70.0 Å². The predicted octanol–water partition coefficient (Wildman–Crippen LogP) is -2.33. The van der Waals surface area contributed by atoms with Gasteiger partial charge in [-0.25, -0.2) is 13.1 Å². The van der Waals surface area contributed by atoms with E-state index in [2.05, 4.69) is 0 Å². The second-order valence-electron chi connectivity index (χ2n) is 0.481. The summed E-state index contributed by atoms with van der Waals surface area (Å²) in [5.74, 6) is 0. The Morgan fingerprint density at radius 1 is 1.57 bits per heavy atom. The SMILES string of the molecule is N#CN[SH](=O)=O.[CaH2]. The van der Waals surface area contributed by atoms with Gasteiger partial charge in [0.25, 0.3) is 0 Å². The van der Waals surface area contributed by atoms with Gasteiger partial charge < -0.3 is 0 Å². The number of nitrogens with zero attached hydrogens (tertiary/aromatic N) is 1. The Hall–Kier alpha value is 0.500. The van der Waals surface area contributed by atoms with Crippen molar-refractivity contribution in [2.75, 3.05) is 0 Å². The van der Waals surface area contributed by atoms with Gasteiger partial charge in [0, 0.05) is 0 Å². The predicted molar refractivity (Wildman–Crippen MR) is 27.6 cm³/mol. The minimum atomic E-state index is -2.71. The van der Waals surface area contributed by atoms with Gasteiger partial charge in [-0.1, -0.05) is 0 Å². The van der Waals surface area contributed by atoms with Crippen LogP contribution in [0.2, 0.25) is 0 Å². The number of rotatable bonds is 1. The van der Waals surface area contributed by atoms with E-state index < -0.39 is 10.9 Å². The van der Waals surface area contributed by atoms with Gasteiger partial charge in [0.1, 0.15) is 0 Å². The normalized spacial score (nSPS) is 6.29. The van der Waals surface area contributed by atoms with E-state index in [1.165, 1.54) is 10.9 Å². The second-order valence-corrected chi connectivity index (χ2v) is 1.22. The van der Waals surface area contributed by atoms with Gasteiger partial charge in [-0.15, -0.1) is 0 Å². The van der Waals surface area contributed by atoms with Gasteiger partial charge in [-0.2, -0.15) is 5.26 Å². The maximum absolute atomic E-state index is 9.30. The van der Waals surface area contributed by atoms with Crippen molar-refractivity contribution in [2.24, 2.45) is 0 Å². The second kappa shape index (κ2) is 6.50. The summed E-state index contributed by atoms with van der Waals surface area (Å²) in [5, 5.41) is 7.49. The van der Waals surface area contributed by atoms with Crippen LogP contribution in [0.3, 0.4) is 0 Å². The minimum absolute atomic E-state index is 0. The molecule has 0 heterocycles. The van der Waals surface area contributed by atoms with E-state index >= 15 is 0 Å². The molecule has 0 unspecified atom stereocenters. The summed E-state index contributed by atoms with van der Waals surface area (Å²) in [5.41, 5.74) is 0. The van der Waals surface area contributed by atoms with Crippen molar-refractivity contribution < 1.29 is 8.42 Å². The Balaban J connectivity index is 0. The van der Waals surface area contributed by atoms with Crippen molar-refractivity contribution in [1.82, 2.24) is 4.72 Å². The monoisotopic (exact) mass is 148 g/mol. The van der Waals surface area contributed by atoms with Crippen molar-refractivity contribution in [2.45, 2.75) is 0 Å². The van der Waals surface area contributed by atoms with Crippen LogP contribution < -0.4 is 4.72 Å². The van der Waals surface area contributed by atoms with E-state index in [1.807, 2.05) is 0 Å². The summed E-state index contributed by atoms with van der Waals surface area (Å²) in [6, 6.07) is 0. The molecule has 6 heteroatoms. The number of nitrogens with one attached hydrogen (secondary N) is 1. The number of hydrogen-bond donors (Lipinski definition) is 2. The van der Waals surface area contributed by atoms with Crippen molar-refractivity contribution in [3.8, 4) is 6.19 Å². The Kier molecular flexibility index (Phi) is 9.73. The molecule has 0 saturated carbocycles. The van der Waals surface area contributed by atoms with Crippen molar-refractivity contribution in [3.05, 3.63) is 0 Å². The summed E-state index contributed by atoms with van der Waals surface area (Å²) < 4.78 is 20.1. The van der Waals surface area contributed by atoms with E-state index in [0.29, 0.717) is 0 Å². The molecule has 0 spiro atoms. The molecule has 0 fully saturated rings. The molecule has 0 bridgehead atoms. The van der Waals surface area contributed by atoms with Crippen LogP contribution in [0.4, 0.5) is 0 Å². The van der Waals surface area contributed by atoms with Crippen LogP contribution in [-0.4, -0.2) is 46.2 Å². The zero-order chi connectivity index (χ0) is 4.99. The first kappa shape index (κ1) is 10.5. The molecule has 0 aliphatic rings. The molecule has 7 heavy (non-hydrogen) atoms. The molecular formula is CH4CaN2O2S. The summed E-state index contributed by atoms with van der Waals surface area (Å²) in [7, 11) is -2.71. The van der Waals surface area contributed by atoms with E-state index in [9.17, 15) is 8.42 Å². The molecule has 0 radical (unpaired) electrons. The first-order chi connectivity index (χ1) is 2.77. The molecule has 0 saturated heterocycles. The third-order valence-corrected chi connectivity index (χ3v) is 0.424. The number of thiol groups is 1. The Morgan fingerprint density at radius 2 is 2.00 bits per heavy atom. The van der Waals surface area contributed by atoms with Crippen LogP contribution in [0.25, 0.3) is 0 Å². The summed E-state index contributed by atoms with van der Waals surface area (Å²) in [6.45, 7) is 0. The Morgan fingerprint density at radius 3 is 2.00 bits per heavy atom. The molecule has 0 atom stereocenters. The van der Waals surface area contributed by atoms with E-state index in [1.54, 1.807) is 0 Å². The van der Waals surface area contributed by atoms with Gasteiger partial charge in [-0.3, -0.25) is 0 Å². The molecule has 0 amide bonds. The molecule has 0 aromatic rings. The zero-order valence-electron chi connectivity index (χ0n) is 2.71. The molecule has 1 N–H and O–H groups in total. The van der Waals surface area contributed by atoms with Crippen LogP contribution in [0, 0.1) is 11.5 Å². The van der Waals surface area contributed by atoms with Crippen LogP contribution >= 0.6 is 0 Å². The molecule has 0 aliphatic heterocycles. The third-order valence-electron chi connectivity index (χ3n) is 0.141. The first-order valence-corrected chi connectivity index (χ1v) is 2.24. The van der Waals surface area contributed by atoms with Gasteiger partial charge in [0.05, 0.1) is 0 Å². The van der Waals surface area contributed by atoms with E-state index in [-0.39, 0.29) is 37.7 Å². The third kappa shape index (κ3) is 10.7. The fraction of sp³-hybridized carbons (Fsp3) is 0. The zero-order valence-corrected chi connectivity index (χ0v) is 3.61. The molecule has 4 nitrogen and oxygen atoms in total. The average molecular weight is 148 g/mol. The standard InChI is InChI=1S/CH2N2O2S.Ca.2H/c2-1-3-6(4)5;;;/h6H,(H,3,4,5);;;. The fourth-order valence-corrected chi connectivity index (χ4v) is 0.122. The van der Waals surface area contributed by atoms with Crippen molar-refractivity contribution in [1.29, 1.82) is 5.26 Å². The van der Waals surface area contributed by atoms with Gasteiger partial charge in [0.15, 0.2) is 6.19 Å². The molecule has 0 aromatic carbocycles. The van der Waals surface area contributed by atoms with Crippen LogP contribution in [0.1, 0.15) is 0 Å². The summed E-state index contributed by atoms with van der Waals surface area (Å²) in [6.07, 6.45) is 1.22. The van der Waals surface area contributed by atoms with Crippen molar-refractivity contribution in [3.63, 3.8) is 0 Å². The number of nitriles is 1. The van der Waals surface area contributed by atoms with E-state index in [0.717, 1.165) is 0 Å². The molecular weight excluding hydrogens is 144 g/mol.